The summed E-state index contributed by atoms with van der Waals surface area (Å²) in [6, 6.07) is 37.7. The van der Waals surface area contributed by atoms with Crippen LogP contribution in [-0.2, 0) is 0 Å². The number of hydrogen-bond acceptors (Lipinski definition) is 5. The van der Waals surface area contributed by atoms with Crippen LogP contribution in [0.2, 0.25) is 0 Å². The van der Waals surface area contributed by atoms with Gasteiger partial charge in [-0.1, -0.05) is 54.6 Å². The molecule has 0 amide bonds. The fourth-order valence-corrected chi connectivity index (χ4v) is 4.62. The van der Waals surface area contributed by atoms with E-state index >= 15 is 0 Å². The Bertz CT molecular complexity index is 1820. The van der Waals surface area contributed by atoms with E-state index in [4.69, 9.17) is 24.9 Å². The lowest BCUT2D eigenvalue weighted by molar-refractivity contribution is 1.27. The van der Waals surface area contributed by atoms with Crippen molar-refractivity contribution in [3.8, 4) is 22.8 Å². The molecule has 0 unspecified atom stereocenters. The molecular weight excluding hydrogens is 494 g/mol. The maximum absolute atomic E-state index is 4.75. The van der Waals surface area contributed by atoms with Crippen molar-refractivity contribution >= 4 is 45.9 Å². The Morgan fingerprint density at radius 3 is 1.40 bits per heavy atom. The van der Waals surface area contributed by atoms with Gasteiger partial charge in [-0.3, -0.25) is 9.98 Å². The quantitative estimate of drug-likeness (QED) is 0.222. The summed E-state index contributed by atoms with van der Waals surface area (Å²) in [5.74, 6) is 1.57. The van der Waals surface area contributed by atoms with Crippen LogP contribution in [0, 0.1) is 0 Å². The second-order valence-electron chi connectivity index (χ2n) is 9.24. The zero-order valence-corrected chi connectivity index (χ0v) is 21.4. The molecule has 7 nitrogen and oxygen atoms in total. The van der Waals surface area contributed by atoms with Gasteiger partial charge in [0.25, 0.3) is 0 Å². The van der Waals surface area contributed by atoms with Crippen molar-refractivity contribution < 1.29 is 0 Å². The van der Waals surface area contributed by atoms with Crippen LogP contribution < -0.4 is 0 Å². The molecule has 0 bridgehead atoms. The number of nitrogens with zero attached hydrogens (tertiary/aromatic N) is 5. The molecule has 0 atom stereocenters. The lowest BCUT2D eigenvalue weighted by atomic mass is 10.1. The molecule has 0 spiro atoms. The third-order valence-electron chi connectivity index (χ3n) is 6.56. The maximum Gasteiger partial charge on any atom is 0.140 e. The highest BCUT2D eigenvalue weighted by atomic mass is 14.9. The van der Waals surface area contributed by atoms with Crippen molar-refractivity contribution in [2.24, 2.45) is 9.98 Å². The van der Waals surface area contributed by atoms with E-state index in [1.54, 1.807) is 12.4 Å². The van der Waals surface area contributed by atoms with Crippen molar-refractivity contribution in [2.75, 3.05) is 0 Å². The number of fused-ring (bicyclic) bond motifs is 2. The molecular formula is C33H23N7. The molecule has 7 rings (SSSR count). The highest BCUT2D eigenvalue weighted by Crippen LogP contribution is 2.30. The topological polar surface area (TPSA) is 95.0 Å². The van der Waals surface area contributed by atoms with Crippen molar-refractivity contribution in [3.63, 3.8) is 0 Å². The van der Waals surface area contributed by atoms with Gasteiger partial charge in [-0.05, 0) is 60.7 Å². The van der Waals surface area contributed by atoms with Gasteiger partial charge in [-0.2, -0.15) is 0 Å². The number of nitrogens with one attached hydrogen (secondary N) is 2. The minimum atomic E-state index is 0.730. The first-order valence-corrected chi connectivity index (χ1v) is 12.9. The Hall–Kier alpha value is -5.69. The summed E-state index contributed by atoms with van der Waals surface area (Å²) in [7, 11) is 0. The summed E-state index contributed by atoms with van der Waals surface area (Å²) in [5, 5.41) is 0. The number of H-pyrrole nitrogens is 2. The summed E-state index contributed by atoms with van der Waals surface area (Å²) < 4.78 is 0. The maximum atomic E-state index is 4.75. The monoisotopic (exact) mass is 517 g/mol. The van der Waals surface area contributed by atoms with Crippen LogP contribution >= 0.6 is 0 Å². The smallest absolute Gasteiger partial charge is 0.140 e. The van der Waals surface area contributed by atoms with Gasteiger partial charge in [-0.15, -0.1) is 0 Å². The number of imidazole rings is 2. The van der Waals surface area contributed by atoms with Crippen LogP contribution in [0.5, 0.6) is 0 Å². The van der Waals surface area contributed by atoms with Gasteiger partial charge in [0, 0.05) is 11.1 Å². The molecule has 0 radical (unpaired) electrons. The van der Waals surface area contributed by atoms with Crippen molar-refractivity contribution in [2.45, 2.75) is 0 Å². The molecule has 0 saturated heterocycles. The highest BCUT2D eigenvalue weighted by Gasteiger charge is 2.10. The molecule has 2 N–H and O–H groups in total. The van der Waals surface area contributed by atoms with Gasteiger partial charge in [0.1, 0.15) is 11.6 Å². The Morgan fingerprint density at radius 2 is 0.900 bits per heavy atom. The van der Waals surface area contributed by atoms with Gasteiger partial charge in [0.05, 0.1) is 57.3 Å². The van der Waals surface area contributed by atoms with Crippen LogP contribution in [0.15, 0.2) is 125 Å². The Kier molecular flexibility index (Phi) is 5.99. The second kappa shape index (κ2) is 10.2. The van der Waals surface area contributed by atoms with Crippen LogP contribution in [-0.4, -0.2) is 37.3 Å². The molecule has 3 heterocycles. The highest BCUT2D eigenvalue weighted by molar-refractivity contribution is 5.89. The fourth-order valence-electron chi connectivity index (χ4n) is 4.62. The first-order valence-electron chi connectivity index (χ1n) is 12.9. The van der Waals surface area contributed by atoms with Crippen LogP contribution in [0.3, 0.4) is 0 Å². The van der Waals surface area contributed by atoms with E-state index < -0.39 is 0 Å². The zero-order chi connectivity index (χ0) is 26.7. The molecule has 0 aliphatic rings. The number of aliphatic imine (C=N–C) groups is 2. The van der Waals surface area contributed by atoms with E-state index in [0.29, 0.717) is 0 Å². The Labute approximate surface area is 230 Å². The molecule has 7 heteroatoms. The zero-order valence-electron chi connectivity index (χ0n) is 21.4. The van der Waals surface area contributed by atoms with Crippen molar-refractivity contribution in [3.05, 3.63) is 127 Å². The number of aromatic nitrogens is 5. The second-order valence-corrected chi connectivity index (χ2v) is 9.24. The molecule has 0 aliphatic carbocycles. The third-order valence-corrected chi connectivity index (χ3v) is 6.56. The summed E-state index contributed by atoms with van der Waals surface area (Å²) >= 11 is 0. The normalized spacial score (nSPS) is 11.8. The molecule has 40 heavy (non-hydrogen) atoms. The third kappa shape index (κ3) is 4.68. The van der Waals surface area contributed by atoms with Gasteiger partial charge in [0.2, 0.25) is 0 Å². The predicted octanol–water partition coefficient (Wildman–Crippen LogP) is 7.67. The average molecular weight is 518 g/mol. The Balaban J connectivity index is 1.15. The average Bonchev–Trinajstić information content (AvgIpc) is 3.64. The summed E-state index contributed by atoms with van der Waals surface area (Å²) in [5.41, 5.74) is 8.76. The van der Waals surface area contributed by atoms with E-state index in [1.165, 1.54) is 0 Å². The summed E-state index contributed by atoms with van der Waals surface area (Å²) in [4.78, 5) is 30.5. The number of pyridine rings is 1. The van der Waals surface area contributed by atoms with E-state index in [0.717, 1.165) is 67.6 Å². The number of rotatable bonds is 6. The molecule has 3 aromatic heterocycles. The predicted molar refractivity (Wildman–Crippen MR) is 162 cm³/mol. The fraction of sp³-hybridized carbons (Fsp3) is 0. The minimum Gasteiger partial charge on any atom is -0.338 e. The minimum absolute atomic E-state index is 0.730. The van der Waals surface area contributed by atoms with Crippen molar-refractivity contribution in [1.82, 2.24) is 24.9 Å². The van der Waals surface area contributed by atoms with Gasteiger partial charge in [-0.25, -0.2) is 15.0 Å². The van der Waals surface area contributed by atoms with Gasteiger partial charge < -0.3 is 9.97 Å². The van der Waals surface area contributed by atoms with Crippen LogP contribution in [0.4, 0.5) is 11.4 Å². The van der Waals surface area contributed by atoms with Crippen molar-refractivity contribution in [1.29, 1.82) is 0 Å². The van der Waals surface area contributed by atoms with E-state index in [-0.39, 0.29) is 0 Å². The van der Waals surface area contributed by atoms with Crippen LogP contribution in [0.1, 0.15) is 11.4 Å². The number of hydrogen-bond donors (Lipinski definition) is 2. The molecule has 4 aromatic carbocycles. The lowest BCUT2D eigenvalue weighted by Crippen LogP contribution is -1.93. The molecule has 0 saturated carbocycles. The SMILES string of the molecule is C(=Nc1ccccc1-c1nc2ccccc2[nH]1)c1cccc(C=Nc2ccccc2-c2nc3ccccc3[nH]2)n1. The van der Waals surface area contributed by atoms with E-state index in [1.807, 2.05) is 115 Å². The van der Waals surface area contributed by atoms with Crippen LogP contribution in [0.25, 0.3) is 44.8 Å². The summed E-state index contributed by atoms with van der Waals surface area (Å²) in [6.07, 6.45) is 3.53. The lowest BCUT2D eigenvalue weighted by Gasteiger charge is -2.03. The molecule has 0 fully saturated rings. The van der Waals surface area contributed by atoms with E-state index in [9.17, 15) is 0 Å². The number of benzene rings is 4. The molecule has 0 aliphatic heterocycles. The summed E-state index contributed by atoms with van der Waals surface area (Å²) in [6.45, 7) is 0. The van der Waals surface area contributed by atoms with Gasteiger partial charge in [0.15, 0.2) is 0 Å². The number of para-hydroxylation sites is 6. The largest absolute Gasteiger partial charge is 0.338 e. The standard InChI is InChI=1S/C33H23N7/c1-3-14-26(24(12-1)32-37-28-16-5-6-17-29(28)38-32)34-20-22-10-9-11-23(36-22)21-35-27-15-4-2-13-25(27)33-39-30-18-7-8-19-31(30)40-33/h1-21H,(H,37,38)(H,39,40). The van der Waals surface area contributed by atoms with Gasteiger partial charge >= 0.3 is 0 Å². The molecule has 190 valence electrons. The first-order chi connectivity index (χ1) is 19.8. The first kappa shape index (κ1) is 23.4. The molecule has 7 aromatic rings. The van der Waals surface area contributed by atoms with E-state index in [2.05, 4.69) is 9.97 Å². The Morgan fingerprint density at radius 1 is 0.450 bits per heavy atom. The number of aromatic amines is 2.